The predicted molar refractivity (Wildman–Crippen MR) is 64.3 cm³/mol. The topological polar surface area (TPSA) is 63.3 Å². The van der Waals surface area contributed by atoms with E-state index in [9.17, 15) is 4.79 Å². The van der Waals surface area contributed by atoms with Gasteiger partial charge in [0.15, 0.2) is 0 Å². The smallest absolute Gasteiger partial charge is 0.325 e. The van der Waals surface area contributed by atoms with Crippen LogP contribution in [0.1, 0.15) is 44.4 Å². The molecule has 0 aromatic heterocycles. The summed E-state index contributed by atoms with van der Waals surface area (Å²) in [6.45, 7) is 6.47. The normalized spacial score (nSPS) is 13.5. The Morgan fingerprint density at radius 3 is 2.25 bits per heavy atom. The molecule has 1 atom stereocenters. The molecule has 0 aliphatic heterocycles. The first-order chi connectivity index (χ1) is 7.38. The highest BCUT2D eigenvalue weighted by molar-refractivity contribution is 5.75. The number of nitrogens with two attached hydrogens (primary N) is 1. The van der Waals surface area contributed by atoms with Crippen molar-refractivity contribution < 1.29 is 9.90 Å². The number of hydrogen-bond donors (Lipinski definition) is 2. The first kappa shape index (κ1) is 12.7. The summed E-state index contributed by atoms with van der Waals surface area (Å²) in [4.78, 5) is 10.7. The van der Waals surface area contributed by atoms with Crippen LogP contribution in [0.3, 0.4) is 0 Å². The van der Waals surface area contributed by atoms with Crippen molar-refractivity contribution >= 4 is 5.97 Å². The Balaban J connectivity index is 2.96. The van der Waals surface area contributed by atoms with Crippen molar-refractivity contribution in [2.24, 2.45) is 5.73 Å². The zero-order chi connectivity index (χ0) is 12.3. The monoisotopic (exact) mass is 221 g/mol. The fourth-order valence-electron chi connectivity index (χ4n) is 1.49. The van der Waals surface area contributed by atoms with Gasteiger partial charge in [-0.25, -0.2) is 0 Å². The van der Waals surface area contributed by atoms with Gasteiger partial charge < -0.3 is 10.8 Å². The SMILES string of the molecule is CCC(C)(C)c1ccc(C(N)C(=O)O)cc1. The third-order valence-electron chi connectivity index (χ3n) is 3.20. The molecule has 0 amide bonds. The summed E-state index contributed by atoms with van der Waals surface area (Å²) in [7, 11) is 0. The lowest BCUT2D eigenvalue weighted by Gasteiger charge is -2.23. The van der Waals surface area contributed by atoms with Crippen LogP contribution < -0.4 is 5.73 Å². The molecule has 1 aromatic rings. The summed E-state index contributed by atoms with van der Waals surface area (Å²) in [5.41, 5.74) is 7.49. The van der Waals surface area contributed by atoms with E-state index in [1.54, 1.807) is 12.1 Å². The van der Waals surface area contributed by atoms with Crippen LogP contribution in [0.15, 0.2) is 24.3 Å². The van der Waals surface area contributed by atoms with Gasteiger partial charge in [-0.05, 0) is 23.0 Å². The van der Waals surface area contributed by atoms with Crippen LogP contribution in [0.5, 0.6) is 0 Å². The van der Waals surface area contributed by atoms with Gasteiger partial charge in [-0.1, -0.05) is 45.0 Å². The predicted octanol–water partition coefficient (Wildman–Crippen LogP) is 2.46. The number of carbonyl (C=O) groups is 1. The molecule has 3 N–H and O–H groups in total. The van der Waals surface area contributed by atoms with Gasteiger partial charge in [-0.15, -0.1) is 0 Å². The Hall–Kier alpha value is -1.35. The van der Waals surface area contributed by atoms with Crippen LogP contribution in [0.25, 0.3) is 0 Å². The van der Waals surface area contributed by atoms with E-state index >= 15 is 0 Å². The van der Waals surface area contributed by atoms with Crippen molar-refractivity contribution in [2.45, 2.75) is 38.6 Å². The number of benzene rings is 1. The molecule has 0 fully saturated rings. The van der Waals surface area contributed by atoms with E-state index in [2.05, 4.69) is 20.8 Å². The molecule has 1 unspecified atom stereocenters. The molecule has 0 spiro atoms. The molecule has 0 radical (unpaired) electrons. The van der Waals surface area contributed by atoms with Gasteiger partial charge in [0.25, 0.3) is 0 Å². The highest BCUT2D eigenvalue weighted by atomic mass is 16.4. The Bertz CT molecular complexity index is 368. The molecule has 0 saturated heterocycles. The summed E-state index contributed by atoms with van der Waals surface area (Å²) in [5, 5.41) is 8.79. The highest BCUT2D eigenvalue weighted by Crippen LogP contribution is 2.27. The lowest BCUT2D eigenvalue weighted by Crippen LogP contribution is -2.21. The third-order valence-corrected chi connectivity index (χ3v) is 3.20. The summed E-state index contributed by atoms with van der Waals surface area (Å²) < 4.78 is 0. The van der Waals surface area contributed by atoms with Gasteiger partial charge in [0.2, 0.25) is 0 Å². The van der Waals surface area contributed by atoms with Crippen molar-refractivity contribution in [2.75, 3.05) is 0 Å². The van der Waals surface area contributed by atoms with Gasteiger partial charge in [-0.2, -0.15) is 0 Å². The summed E-state index contributed by atoms with van der Waals surface area (Å²) in [6, 6.07) is 6.58. The number of aliphatic carboxylic acids is 1. The van der Waals surface area contributed by atoms with E-state index in [0.29, 0.717) is 5.56 Å². The Kier molecular flexibility index (Phi) is 3.70. The van der Waals surface area contributed by atoms with Crippen LogP contribution in [-0.4, -0.2) is 11.1 Å². The molecular weight excluding hydrogens is 202 g/mol. The van der Waals surface area contributed by atoms with Crippen molar-refractivity contribution in [1.29, 1.82) is 0 Å². The average Bonchev–Trinajstić information content (AvgIpc) is 2.28. The number of carboxylic acid groups (broad SMARTS) is 1. The number of rotatable bonds is 4. The molecule has 3 nitrogen and oxygen atoms in total. The van der Waals surface area contributed by atoms with Gasteiger partial charge >= 0.3 is 5.97 Å². The Labute approximate surface area is 96.3 Å². The minimum Gasteiger partial charge on any atom is -0.480 e. The zero-order valence-corrected chi connectivity index (χ0v) is 10.0. The van der Waals surface area contributed by atoms with Crippen LogP contribution in [0.4, 0.5) is 0 Å². The second-order valence-electron chi connectivity index (χ2n) is 4.68. The standard InChI is InChI=1S/C13H19NO2/c1-4-13(2,3)10-7-5-9(6-8-10)11(14)12(15)16/h5-8,11H,4,14H2,1-3H3,(H,15,16). The van der Waals surface area contributed by atoms with E-state index in [0.717, 1.165) is 6.42 Å². The largest absolute Gasteiger partial charge is 0.480 e. The molecule has 0 bridgehead atoms. The Morgan fingerprint density at radius 2 is 1.88 bits per heavy atom. The fraction of sp³-hybridized carbons (Fsp3) is 0.462. The lowest BCUT2D eigenvalue weighted by molar-refractivity contribution is -0.138. The van der Waals surface area contributed by atoms with E-state index in [1.807, 2.05) is 12.1 Å². The molecule has 0 aliphatic rings. The summed E-state index contributed by atoms with van der Waals surface area (Å²) in [5.74, 6) is -0.998. The maximum atomic E-state index is 10.7. The lowest BCUT2D eigenvalue weighted by atomic mass is 9.82. The first-order valence-corrected chi connectivity index (χ1v) is 5.47. The summed E-state index contributed by atoms with van der Waals surface area (Å²) >= 11 is 0. The molecule has 0 aliphatic carbocycles. The first-order valence-electron chi connectivity index (χ1n) is 5.47. The zero-order valence-electron chi connectivity index (χ0n) is 10.0. The van der Waals surface area contributed by atoms with Crippen LogP contribution >= 0.6 is 0 Å². The molecule has 0 saturated carbocycles. The van der Waals surface area contributed by atoms with E-state index in [1.165, 1.54) is 5.56 Å². The second-order valence-corrected chi connectivity index (χ2v) is 4.68. The maximum absolute atomic E-state index is 10.7. The van der Waals surface area contributed by atoms with Gasteiger partial charge in [0, 0.05) is 0 Å². The molecule has 16 heavy (non-hydrogen) atoms. The third kappa shape index (κ3) is 2.61. The highest BCUT2D eigenvalue weighted by Gasteiger charge is 2.19. The minimum atomic E-state index is -0.998. The number of carboxylic acids is 1. The number of hydrogen-bond acceptors (Lipinski definition) is 2. The van der Waals surface area contributed by atoms with Crippen molar-refractivity contribution in [1.82, 2.24) is 0 Å². The summed E-state index contributed by atoms with van der Waals surface area (Å²) in [6.07, 6.45) is 1.04. The van der Waals surface area contributed by atoms with Crippen LogP contribution in [0.2, 0.25) is 0 Å². The molecular formula is C13H19NO2. The van der Waals surface area contributed by atoms with Crippen molar-refractivity contribution in [3.05, 3.63) is 35.4 Å². The van der Waals surface area contributed by atoms with E-state index in [-0.39, 0.29) is 5.41 Å². The van der Waals surface area contributed by atoms with Crippen LogP contribution in [0, 0.1) is 0 Å². The molecule has 1 rings (SSSR count). The van der Waals surface area contributed by atoms with E-state index in [4.69, 9.17) is 10.8 Å². The average molecular weight is 221 g/mol. The van der Waals surface area contributed by atoms with Crippen molar-refractivity contribution in [3.63, 3.8) is 0 Å². The fourth-order valence-corrected chi connectivity index (χ4v) is 1.49. The molecule has 0 heterocycles. The molecule has 1 aromatic carbocycles. The Morgan fingerprint density at radius 1 is 1.38 bits per heavy atom. The minimum absolute atomic E-state index is 0.117. The van der Waals surface area contributed by atoms with Crippen molar-refractivity contribution in [3.8, 4) is 0 Å². The van der Waals surface area contributed by atoms with Gasteiger partial charge in [0.05, 0.1) is 0 Å². The second kappa shape index (κ2) is 4.66. The molecule has 3 heteroatoms. The molecule has 88 valence electrons. The van der Waals surface area contributed by atoms with Crippen LogP contribution in [-0.2, 0) is 10.2 Å². The quantitative estimate of drug-likeness (QED) is 0.820. The van der Waals surface area contributed by atoms with Gasteiger partial charge in [0.1, 0.15) is 6.04 Å². The maximum Gasteiger partial charge on any atom is 0.325 e. The van der Waals surface area contributed by atoms with Gasteiger partial charge in [-0.3, -0.25) is 4.79 Å². The van der Waals surface area contributed by atoms with E-state index < -0.39 is 12.0 Å².